The zero-order valence-electron chi connectivity index (χ0n) is 16.5. The highest BCUT2D eigenvalue weighted by atomic mass is 32.2. The molecule has 1 fully saturated rings. The summed E-state index contributed by atoms with van der Waals surface area (Å²) in [6, 6.07) is 3.87. The summed E-state index contributed by atoms with van der Waals surface area (Å²) in [6.45, 7) is 4.14. The van der Waals surface area contributed by atoms with E-state index in [4.69, 9.17) is 0 Å². The van der Waals surface area contributed by atoms with Crippen molar-refractivity contribution in [2.75, 3.05) is 5.32 Å². The lowest BCUT2D eigenvalue weighted by Gasteiger charge is -2.09. The van der Waals surface area contributed by atoms with Gasteiger partial charge in [0, 0.05) is 29.9 Å². The van der Waals surface area contributed by atoms with Gasteiger partial charge < -0.3 is 5.32 Å². The van der Waals surface area contributed by atoms with Crippen LogP contribution in [0.2, 0.25) is 0 Å². The Morgan fingerprint density at radius 3 is 2.70 bits per heavy atom. The van der Waals surface area contributed by atoms with Crippen molar-refractivity contribution in [1.82, 2.24) is 33.9 Å². The van der Waals surface area contributed by atoms with Crippen LogP contribution in [-0.2, 0) is 10.0 Å². The van der Waals surface area contributed by atoms with Gasteiger partial charge in [-0.25, -0.2) is 23.4 Å². The Kier molecular flexibility index (Phi) is 4.28. The molecule has 11 heteroatoms. The van der Waals surface area contributed by atoms with E-state index in [2.05, 4.69) is 44.3 Å². The standard InChI is InChI=1S/C19H20N8O2S/c1-12(2)27-16-7-18(21-8-13(16)9-23-27)24-17-5-6-20-19(25-17)14-10-22-26(11-14)30(28,29)15-3-4-15/h5-12,15H,3-4H2,1-2H3,(H,20,21,24,25). The third kappa shape index (κ3) is 3.30. The van der Waals surface area contributed by atoms with Crippen LogP contribution in [0.3, 0.4) is 0 Å². The number of pyridine rings is 1. The molecule has 4 aromatic rings. The summed E-state index contributed by atoms with van der Waals surface area (Å²) >= 11 is 0. The first-order valence-corrected chi connectivity index (χ1v) is 11.1. The van der Waals surface area contributed by atoms with Gasteiger partial charge in [0.2, 0.25) is 0 Å². The molecule has 1 aliphatic rings. The number of nitrogens with zero attached hydrogens (tertiary/aromatic N) is 7. The SMILES string of the molecule is CC(C)n1ncc2cnc(Nc3ccnc(-c4cnn(S(=O)(=O)C5CC5)c4)n3)cc21. The highest BCUT2D eigenvalue weighted by Gasteiger charge is 2.37. The van der Waals surface area contributed by atoms with E-state index in [9.17, 15) is 8.42 Å². The minimum Gasteiger partial charge on any atom is -0.325 e. The van der Waals surface area contributed by atoms with Crippen LogP contribution in [0.1, 0.15) is 32.7 Å². The van der Waals surface area contributed by atoms with Gasteiger partial charge in [0.1, 0.15) is 11.6 Å². The topological polar surface area (TPSA) is 120 Å². The zero-order chi connectivity index (χ0) is 20.9. The van der Waals surface area contributed by atoms with Gasteiger partial charge in [-0.1, -0.05) is 0 Å². The van der Waals surface area contributed by atoms with Crippen LogP contribution in [0.4, 0.5) is 11.6 Å². The Hall–Kier alpha value is -3.34. The van der Waals surface area contributed by atoms with Crippen molar-refractivity contribution in [3.63, 3.8) is 0 Å². The van der Waals surface area contributed by atoms with Crippen molar-refractivity contribution >= 4 is 32.6 Å². The Labute approximate surface area is 173 Å². The van der Waals surface area contributed by atoms with Crippen molar-refractivity contribution in [1.29, 1.82) is 0 Å². The highest BCUT2D eigenvalue weighted by molar-refractivity contribution is 7.90. The monoisotopic (exact) mass is 424 g/mol. The first kappa shape index (κ1) is 18.7. The molecule has 10 nitrogen and oxygen atoms in total. The molecule has 0 bridgehead atoms. The summed E-state index contributed by atoms with van der Waals surface area (Å²) in [5.41, 5.74) is 1.51. The Morgan fingerprint density at radius 2 is 1.93 bits per heavy atom. The number of fused-ring (bicyclic) bond motifs is 1. The molecule has 0 radical (unpaired) electrons. The molecule has 0 unspecified atom stereocenters. The quantitative estimate of drug-likeness (QED) is 0.502. The lowest BCUT2D eigenvalue weighted by Crippen LogP contribution is -2.17. The first-order valence-electron chi connectivity index (χ1n) is 9.64. The van der Waals surface area contributed by atoms with Crippen LogP contribution in [0.15, 0.2) is 43.1 Å². The molecule has 0 atom stereocenters. The number of hydrogen-bond donors (Lipinski definition) is 1. The molecule has 5 rings (SSSR count). The average Bonchev–Trinajstić information content (AvgIpc) is 3.32. The van der Waals surface area contributed by atoms with Gasteiger partial charge >= 0.3 is 0 Å². The summed E-state index contributed by atoms with van der Waals surface area (Å²) in [5, 5.41) is 12.2. The van der Waals surface area contributed by atoms with Gasteiger partial charge in [0.15, 0.2) is 5.82 Å². The van der Waals surface area contributed by atoms with Gasteiger partial charge in [0.05, 0.1) is 34.9 Å². The summed E-state index contributed by atoms with van der Waals surface area (Å²) in [4.78, 5) is 13.2. The van der Waals surface area contributed by atoms with E-state index in [1.54, 1.807) is 24.7 Å². The van der Waals surface area contributed by atoms with Crippen molar-refractivity contribution in [3.05, 3.63) is 43.1 Å². The average molecular weight is 424 g/mol. The molecule has 4 heterocycles. The van der Waals surface area contributed by atoms with Gasteiger partial charge in [-0.15, -0.1) is 0 Å². The molecule has 0 aromatic carbocycles. The number of aromatic nitrogens is 7. The van der Waals surface area contributed by atoms with E-state index >= 15 is 0 Å². The van der Waals surface area contributed by atoms with E-state index in [-0.39, 0.29) is 11.3 Å². The van der Waals surface area contributed by atoms with Crippen LogP contribution in [-0.4, -0.2) is 47.6 Å². The molecule has 1 N–H and O–H groups in total. The maximum absolute atomic E-state index is 12.3. The molecule has 0 saturated heterocycles. The fourth-order valence-electron chi connectivity index (χ4n) is 3.20. The maximum atomic E-state index is 12.3. The van der Waals surface area contributed by atoms with E-state index in [1.165, 1.54) is 12.4 Å². The summed E-state index contributed by atoms with van der Waals surface area (Å²) in [6.07, 6.45) is 9.44. The van der Waals surface area contributed by atoms with Gasteiger partial charge in [0.25, 0.3) is 10.0 Å². The molecular weight excluding hydrogens is 404 g/mol. The maximum Gasteiger partial charge on any atom is 0.256 e. The number of rotatable bonds is 6. The number of hydrogen-bond acceptors (Lipinski definition) is 8. The second-order valence-corrected chi connectivity index (χ2v) is 9.62. The summed E-state index contributed by atoms with van der Waals surface area (Å²) in [7, 11) is -3.42. The minimum absolute atomic E-state index is 0.229. The van der Waals surface area contributed by atoms with Crippen molar-refractivity contribution in [2.45, 2.75) is 38.0 Å². The van der Waals surface area contributed by atoms with Crippen LogP contribution in [0.5, 0.6) is 0 Å². The largest absolute Gasteiger partial charge is 0.325 e. The normalized spacial score (nSPS) is 14.5. The molecule has 0 spiro atoms. The van der Waals surface area contributed by atoms with Gasteiger partial charge in [-0.3, -0.25) is 4.68 Å². The van der Waals surface area contributed by atoms with Crippen molar-refractivity contribution in [2.24, 2.45) is 0 Å². The molecule has 0 aliphatic heterocycles. The fourth-order valence-corrected chi connectivity index (χ4v) is 4.67. The van der Waals surface area contributed by atoms with E-state index in [0.29, 0.717) is 35.9 Å². The van der Waals surface area contributed by atoms with Crippen LogP contribution in [0.25, 0.3) is 22.3 Å². The molecule has 0 amide bonds. The molecule has 1 aliphatic carbocycles. The van der Waals surface area contributed by atoms with Crippen molar-refractivity contribution < 1.29 is 8.42 Å². The lowest BCUT2D eigenvalue weighted by atomic mass is 10.3. The van der Waals surface area contributed by atoms with Crippen molar-refractivity contribution in [3.8, 4) is 11.4 Å². The fraction of sp³-hybridized carbons (Fsp3) is 0.316. The Morgan fingerprint density at radius 1 is 1.10 bits per heavy atom. The highest BCUT2D eigenvalue weighted by Crippen LogP contribution is 2.30. The number of nitrogens with one attached hydrogen (secondary N) is 1. The van der Waals surface area contributed by atoms with E-state index in [1.807, 2.05) is 10.7 Å². The van der Waals surface area contributed by atoms with Gasteiger partial charge in [-0.05, 0) is 32.8 Å². The van der Waals surface area contributed by atoms with E-state index in [0.717, 1.165) is 15.0 Å². The van der Waals surface area contributed by atoms with Crippen LogP contribution < -0.4 is 5.32 Å². The zero-order valence-corrected chi connectivity index (χ0v) is 17.3. The van der Waals surface area contributed by atoms with E-state index < -0.39 is 10.0 Å². The van der Waals surface area contributed by atoms with Crippen LogP contribution in [0, 0.1) is 0 Å². The Bertz CT molecular complexity index is 1340. The second kappa shape index (κ2) is 6.87. The van der Waals surface area contributed by atoms with Gasteiger partial charge in [-0.2, -0.15) is 14.3 Å². The molecule has 1 saturated carbocycles. The first-order chi connectivity index (χ1) is 14.4. The third-order valence-corrected chi connectivity index (χ3v) is 6.94. The molecule has 4 aromatic heterocycles. The predicted octanol–water partition coefficient (Wildman–Crippen LogP) is 2.75. The predicted molar refractivity (Wildman–Crippen MR) is 112 cm³/mol. The minimum atomic E-state index is -3.42. The molecule has 30 heavy (non-hydrogen) atoms. The lowest BCUT2D eigenvalue weighted by molar-refractivity contribution is 0.551. The van der Waals surface area contributed by atoms with Crippen LogP contribution >= 0.6 is 0 Å². The summed E-state index contributed by atoms with van der Waals surface area (Å²) in [5.74, 6) is 1.55. The third-order valence-electron chi connectivity index (χ3n) is 4.91. The molecular formula is C19H20N8O2S. The second-order valence-electron chi connectivity index (χ2n) is 7.55. The molecule has 154 valence electrons. The Balaban J connectivity index is 1.42. The summed E-state index contributed by atoms with van der Waals surface area (Å²) < 4.78 is 27.6. The smallest absolute Gasteiger partial charge is 0.256 e. The number of anilines is 2.